The Bertz CT molecular complexity index is 607. The van der Waals surface area contributed by atoms with Gasteiger partial charge in [0.25, 0.3) is 0 Å². The predicted molar refractivity (Wildman–Crippen MR) is 89.5 cm³/mol. The van der Waals surface area contributed by atoms with Gasteiger partial charge in [-0.05, 0) is 24.0 Å². The summed E-state index contributed by atoms with van der Waals surface area (Å²) in [6.45, 7) is 4.21. The summed E-state index contributed by atoms with van der Waals surface area (Å²) >= 11 is 0. The van der Waals surface area contributed by atoms with Crippen molar-refractivity contribution in [1.29, 1.82) is 0 Å². The molecule has 1 saturated heterocycles. The number of hydrogen-bond donors (Lipinski definition) is 5. The minimum absolute atomic E-state index is 0.341. The third-order valence-corrected chi connectivity index (χ3v) is 4.04. The molecule has 0 amide bonds. The van der Waals surface area contributed by atoms with Gasteiger partial charge < -0.3 is 35.2 Å². The highest BCUT2D eigenvalue weighted by molar-refractivity contribution is 5.73. The zero-order chi connectivity index (χ0) is 18.7. The minimum atomic E-state index is -1.74. The minimum Gasteiger partial charge on any atom is -0.479 e. The molecule has 5 N–H and O–H groups in total. The molecule has 140 valence electrons. The molecule has 0 saturated carbocycles. The number of nitrogens with one attached hydrogen (secondary N) is 1. The number of ether oxygens (including phenoxy) is 2. The summed E-state index contributed by atoms with van der Waals surface area (Å²) < 4.78 is 10.6. The van der Waals surface area contributed by atoms with Crippen molar-refractivity contribution >= 4 is 11.7 Å². The van der Waals surface area contributed by atoms with E-state index in [9.17, 15) is 20.1 Å². The molecule has 1 aromatic carbocycles. The lowest BCUT2D eigenvalue weighted by Gasteiger charge is -2.38. The molecule has 25 heavy (non-hydrogen) atoms. The molecule has 1 aliphatic heterocycles. The highest BCUT2D eigenvalue weighted by Gasteiger charge is 2.48. The molecule has 0 unspecified atom stereocenters. The fraction of sp³-hybridized carbons (Fsp3) is 0.588. The summed E-state index contributed by atoms with van der Waals surface area (Å²) in [5.41, 5.74) is 1.93. The molecule has 0 radical (unpaired) electrons. The Balaban J connectivity index is 2.18. The van der Waals surface area contributed by atoms with Crippen LogP contribution in [0.3, 0.4) is 0 Å². The normalized spacial score (nSPS) is 29.5. The van der Waals surface area contributed by atoms with E-state index < -0.39 is 36.7 Å². The lowest BCUT2D eigenvalue weighted by atomic mass is 9.99. The summed E-state index contributed by atoms with van der Waals surface area (Å²) in [5, 5.41) is 41.6. The predicted octanol–water partition coefficient (Wildman–Crippen LogP) is 0.198. The topological polar surface area (TPSA) is 128 Å². The van der Waals surface area contributed by atoms with E-state index >= 15 is 0 Å². The Kier molecular flexibility index (Phi) is 6.23. The molecule has 0 aliphatic carbocycles. The Hall–Kier alpha value is -1.87. The first-order valence-corrected chi connectivity index (χ1v) is 8.14. The number of aliphatic carboxylic acids is 1. The Morgan fingerprint density at radius 2 is 1.92 bits per heavy atom. The highest BCUT2D eigenvalue weighted by atomic mass is 16.7. The molecule has 0 bridgehead atoms. The number of aliphatic hydroxyl groups excluding tert-OH is 3. The molecule has 1 fully saturated rings. The number of carbonyl (C=O) groups is 1. The Morgan fingerprint density at radius 3 is 2.48 bits per heavy atom. The Morgan fingerprint density at radius 1 is 1.24 bits per heavy atom. The summed E-state index contributed by atoms with van der Waals surface area (Å²) in [6.07, 6.45) is -7.26. The van der Waals surface area contributed by atoms with Gasteiger partial charge in [0.2, 0.25) is 6.29 Å². The van der Waals surface area contributed by atoms with Gasteiger partial charge in [0, 0.05) is 18.8 Å². The van der Waals surface area contributed by atoms with Crippen molar-refractivity contribution in [3.05, 3.63) is 23.8 Å². The van der Waals surface area contributed by atoms with Gasteiger partial charge in [-0.2, -0.15) is 0 Å². The third kappa shape index (κ3) is 4.40. The monoisotopic (exact) mass is 355 g/mol. The van der Waals surface area contributed by atoms with E-state index in [0.717, 1.165) is 17.7 Å². The van der Waals surface area contributed by atoms with Crippen LogP contribution in [0.4, 0.5) is 5.69 Å². The third-order valence-electron chi connectivity index (χ3n) is 4.04. The summed E-state index contributed by atoms with van der Waals surface area (Å²) in [6, 6.07) is 5.26. The van der Waals surface area contributed by atoms with E-state index in [-0.39, 0.29) is 0 Å². The van der Waals surface area contributed by atoms with Crippen molar-refractivity contribution in [2.75, 3.05) is 12.4 Å². The average Bonchev–Trinajstić information content (AvgIpc) is 2.55. The van der Waals surface area contributed by atoms with Crippen molar-refractivity contribution in [2.45, 2.75) is 51.0 Å². The van der Waals surface area contributed by atoms with Gasteiger partial charge in [0.15, 0.2) is 6.10 Å². The number of aliphatic hydroxyl groups is 3. The second-order valence-electron chi connectivity index (χ2n) is 6.52. The van der Waals surface area contributed by atoms with Crippen molar-refractivity contribution in [2.24, 2.45) is 5.92 Å². The van der Waals surface area contributed by atoms with Gasteiger partial charge >= 0.3 is 5.97 Å². The van der Waals surface area contributed by atoms with Crippen LogP contribution >= 0.6 is 0 Å². The maximum atomic E-state index is 11.1. The van der Waals surface area contributed by atoms with Crippen LogP contribution in [0.5, 0.6) is 5.75 Å². The highest BCUT2D eigenvalue weighted by Crippen LogP contribution is 2.28. The van der Waals surface area contributed by atoms with Gasteiger partial charge in [-0.1, -0.05) is 19.9 Å². The molecule has 0 aromatic heterocycles. The van der Waals surface area contributed by atoms with Crippen LogP contribution in [-0.4, -0.2) is 64.1 Å². The first-order chi connectivity index (χ1) is 11.7. The quantitative estimate of drug-likeness (QED) is 0.489. The maximum absolute atomic E-state index is 11.1. The number of benzene rings is 1. The van der Waals surface area contributed by atoms with Gasteiger partial charge in [0.05, 0.1) is 0 Å². The summed E-state index contributed by atoms with van der Waals surface area (Å²) in [5.74, 6) is -0.640. The largest absolute Gasteiger partial charge is 0.479 e. The van der Waals surface area contributed by atoms with Crippen LogP contribution in [0.1, 0.15) is 19.4 Å². The molecule has 0 spiro atoms. The lowest BCUT2D eigenvalue weighted by Crippen LogP contribution is -2.61. The smallest absolute Gasteiger partial charge is 0.335 e. The number of carboxylic acids is 1. The van der Waals surface area contributed by atoms with Crippen molar-refractivity contribution in [3.63, 3.8) is 0 Å². The van der Waals surface area contributed by atoms with Crippen LogP contribution in [0.25, 0.3) is 0 Å². The molecule has 1 aliphatic rings. The summed E-state index contributed by atoms with van der Waals surface area (Å²) in [4.78, 5) is 11.1. The van der Waals surface area contributed by atoms with E-state index in [2.05, 4.69) is 19.2 Å². The first kappa shape index (κ1) is 19.5. The maximum Gasteiger partial charge on any atom is 0.335 e. The summed E-state index contributed by atoms with van der Waals surface area (Å²) in [7, 11) is 1.77. The number of carboxylic acid groups (broad SMARTS) is 1. The fourth-order valence-corrected chi connectivity index (χ4v) is 2.76. The zero-order valence-electron chi connectivity index (χ0n) is 14.4. The van der Waals surface area contributed by atoms with E-state index in [1.54, 1.807) is 19.2 Å². The Labute approximate surface area is 146 Å². The molecular formula is C17H25NO7. The van der Waals surface area contributed by atoms with Crippen LogP contribution in [0, 0.1) is 5.92 Å². The second-order valence-corrected chi connectivity index (χ2v) is 6.52. The zero-order valence-corrected chi connectivity index (χ0v) is 14.4. The van der Waals surface area contributed by atoms with E-state index in [0.29, 0.717) is 11.7 Å². The molecular weight excluding hydrogens is 330 g/mol. The van der Waals surface area contributed by atoms with Crippen LogP contribution in [0.15, 0.2) is 18.2 Å². The van der Waals surface area contributed by atoms with E-state index in [1.165, 1.54) is 0 Å². The van der Waals surface area contributed by atoms with Crippen molar-refractivity contribution in [1.82, 2.24) is 0 Å². The van der Waals surface area contributed by atoms with Gasteiger partial charge in [-0.15, -0.1) is 0 Å². The molecule has 8 nitrogen and oxygen atoms in total. The number of rotatable bonds is 6. The molecule has 1 heterocycles. The standard InChI is InChI=1S/C17H25NO7/c1-8(2)6-9-4-5-10(7-11(9)18-3)24-17-14(21)12(19)13(20)15(25-17)16(22)23/h4-5,7-8,12-15,17-21H,6H2,1-3H3,(H,22,23)/t12-,13-,14+,15-,17+/m0/s1. The molecule has 8 heteroatoms. The van der Waals surface area contributed by atoms with Crippen molar-refractivity contribution < 1.29 is 34.7 Å². The first-order valence-electron chi connectivity index (χ1n) is 8.14. The molecule has 5 atom stereocenters. The van der Waals surface area contributed by atoms with Crippen LogP contribution < -0.4 is 10.1 Å². The van der Waals surface area contributed by atoms with Gasteiger partial charge in [-0.25, -0.2) is 4.79 Å². The van der Waals surface area contributed by atoms with E-state index in [4.69, 9.17) is 14.6 Å². The lowest BCUT2D eigenvalue weighted by molar-refractivity contribution is -0.271. The van der Waals surface area contributed by atoms with Gasteiger partial charge in [-0.3, -0.25) is 0 Å². The van der Waals surface area contributed by atoms with E-state index in [1.807, 2.05) is 6.07 Å². The SMILES string of the molecule is CNc1cc(O[C@@H]2O[C@H](C(=O)O)[C@@H](O)[C@H](O)[C@H]2O)ccc1CC(C)C. The number of anilines is 1. The number of hydrogen-bond acceptors (Lipinski definition) is 7. The second kappa shape index (κ2) is 8.01. The van der Waals surface area contributed by atoms with Crippen LogP contribution in [-0.2, 0) is 16.0 Å². The molecule has 2 rings (SSSR count). The average molecular weight is 355 g/mol. The van der Waals surface area contributed by atoms with Crippen molar-refractivity contribution in [3.8, 4) is 5.75 Å². The van der Waals surface area contributed by atoms with Gasteiger partial charge in [0.1, 0.15) is 24.1 Å². The van der Waals surface area contributed by atoms with Crippen LogP contribution in [0.2, 0.25) is 0 Å². The fourth-order valence-electron chi connectivity index (χ4n) is 2.76. The molecule has 1 aromatic rings.